The fourth-order valence-corrected chi connectivity index (χ4v) is 6.09. The van der Waals surface area contributed by atoms with Crippen molar-refractivity contribution in [1.82, 2.24) is 15.1 Å². The number of urea groups is 1. The molecule has 1 saturated carbocycles. The van der Waals surface area contributed by atoms with Gasteiger partial charge in [-0.2, -0.15) is 0 Å². The molecule has 2 saturated heterocycles. The highest BCUT2D eigenvalue weighted by Gasteiger charge is 2.56. The minimum atomic E-state index is -0.917. The third-order valence-electron chi connectivity index (χ3n) is 7.00. The van der Waals surface area contributed by atoms with Crippen LogP contribution in [0.1, 0.15) is 40.0 Å². The number of benzene rings is 1. The Morgan fingerprint density at radius 1 is 1.18 bits per heavy atom. The first-order valence-corrected chi connectivity index (χ1v) is 12.0. The van der Waals surface area contributed by atoms with E-state index in [1.165, 1.54) is 0 Å². The van der Waals surface area contributed by atoms with Crippen LogP contribution in [0.4, 0.5) is 16.2 Å². The van der Waals surface area contributed by atoms with Crippen LogP contribution in [0.5, 0.6) is 0 Å². The molecule has 1 aliphatic carbocycles. The van der Waals surface area contributed by atoms with Gasteiger partial charge in [0, 0.05) is 31.2 Å². The summed E-state index contributed by atoms with van der Waals surface area (Å²) in [7, 11) is 2.08. The number of nitrogens with one attached hydrogen (secondary N) is 2. The van der Waals surface area contributed by atoms with E-state index in [9.17, 15) is 14.4 Å². The summed E-state index contributed by atoms with van der Waals surface area (Å²) in [4.78, 5) is 44.6. The van der Waals surface area contributed by atoms with Gasteiger partial charge >= 0.3 is 6.03 Å². The summed E-state index contributed by atoms with van der Waals surface area (Å²) in [6, 6.07) is 4.92. The summed E-state index contributed by atoms with van der Waals surface area (Å²) < 4.78 is 0. The number of amides is 4. The summed E-state index contributed by atoms with van der Waals surface area (Å²) in [5.41, 5.74) is 0.500. The molecular weight excluding hydrogens is 442 g/mol. The molecule has 4 amide bonds. The van der Waals surface area contributed by atoms with Crippen LogP contribution in [0.3, 0.4) is 0 Å². The van der Waals surface area contributed by atoms with Gasteiger partial charge in [0.1, 0.15) is 12.1 Å². The fraction of sp³-hybridized carbons (Fsp3) is 0.625. The zero-order valence-electron chi connectivity index (χ0n) is 19.9. The maximum absolute atomic E-state index is 13.3. The largest absolute Gasteiger partial charge is 0.367 e. The lowest BCUT2D eigenvalue weighted by Gasteiger charge is -2.43. The van der Waals surface area contributed by atoms with Crippen LogP contribution < -0.4 is 15.5 Å². The van der Waals surface area contributed by atoms with E-state index in [0.29, 0.717) is 29.5 Å². The van der Waals surface area contributed by atoms with Gasteiger partial charge < -0.3 is 20.4 Å². The van der Waals surface area contributed by atoms with Crippen molar-refractivity contribution in [2.24, 2.45) is 11.3 Å². The van der Waals surface area contributed by atoms with Crippen molar-refractivity contribution in [2.45, 2.75) is 45.6 Å². The fourth-order valence-electron chi connectivity index (χ4n) is 5.91. The second kappa shape index (κ2) is 8.80. The van der Waals surface area contributed by atoms with Gasteiger partial charge in [-0.05, 0) is 55.8 Å². The number of anilines is 2. The monoisotopic (exact) mass is 475 g/mol. The number of hydrogen-bond acceptors (Lipinski definition) is 5. The smallest absolute Gasteiger partial charge is 0.325 e. The molecule has 180 valence electrons. The van der Waals surface area contributed by atoms with Gasteiger partial charge in [0.25, 0.3) is 5.91 Å². The molecule has 0 bridgehead atoms. The minimum absolute atomic E-state index is 0.0585. The Balaban J connectivity index is 1.48. The average molecular weight is 476 g/mol. The molecule has 9 heteroatoms. The molecule has 3 aliphatic rings. The van der Waals surface area contributed by atoms with E-state index < -0.39 is 17.5 Å². The zero-order chi connectivity index (χ0) is 24.0. The molecular formula is C24H34ClN5O3. The Kier molecular flexibility index (Phi) is 6.35. The number of piperazine rings is 1. The van der Waals surface area contributed by atoms with Gasteiger partial charge in [0.05, 0.1) is 11.4 Å². The third-order valence-corrected chi connectivity index (χ3v) is 7.24. The van der Waals surface area contributed by atoms with Gasteiger partial charge in [-0.3, -0.25) is 14.5 Å². The Morgan fingerprint density at radius 2 is 1.88 bits per heavy atom. The molecule has 0 aromatic heterocycles. The summed E-state index contributed by atoms with van der Waals surface area (Å²) in [5.74, 6) is -0.409. The highest BCUT2D eigenvalue weighted by Crippen LogP contribution is 2.46. The van der Waals surface area contributed by atoms with Gasteiger partial charge in [-0.1, -0.05) is 32.4 Å². The number of carbonyl (C=O) groups is 3. The molecule has 1 aromatic carbocycles. The summed E-state index contributed by atoms with van der Waals surface area (Å²) in [6.07, 6.45) is 2.18. The lowest BCUT2D eigenvalue weighted by molar-refractivity contribution is -0.136. The molecule has 3 fully saturated rings. The van der Waals surface area contributed by atoms with Gasteiger partial charge in [-0.25, -0.2) is 4.79 Å². The Hall–Kier alpha value is -2.32. The van der Waals surface area contributed by atoms with Gasteiger partial charge in [-0.15, -0.1) is 0 Å². The molecule has 8 nitrogen and oxygen atoms in total. The SMILES string of the molecule is C[C@H]1CC(C)(C)C[C@@]2(C1)NC(=O)N(CC(=O)Nc1cc(Cl)ccc1N1CCN(C)CC1)C2=O. The number of hydrogen-bond donors (Lipinski definition) is 2. The number of halogens is 1. The maximum atomic E-state index is 13.3. The molecule has 0 unspecified atom stereocenters. The van der Waals surface area contributed by atoms with Crippen molar-refractivity contribution in [1.29, 1.82) is 0 Å². The molecule has 2 aliphatic heterocycles. The van der Waals surface area contributed by atoms with Crippen molar-refractivity contribution in [3.63, 3.8) is 0 Å². The van der Waals surface area contributed by atoms with E-state index in [-0.39, 0.29) is 17.9 Å². The Morgan fingerprint density at radius 3 is 2.55 bits per heavy atom. The first-order chi connectivity index (χ1) is 15.5. The maximum Gasteiger partial charge on any atom is 0.325 e. The van der Waals surface area contributed by atoms with Gasteiger partial charge in [0.2, 0.25) is 5.91 Å². The topological polar surface area (TPSA) is 85.0 Å². The predicted molar refractivity (Wildman–Crippen MR) is 130 cm³/mol. The summed E-state index contributed by atoms with van der Waals surface area (Å²) in [6.45, 7) is 9.56. The number of rotatable bonds is 4. The highest BCUT2D eigenvalue weighted by atomic mass is 35.5. The van der Waals surface area contributed by atoms with Gasteiger partial charge in [0.15, 0.2) is 0 Å². The van der Waals surface area contributed by atoms with Crippen LogP contribution in [0.15, 0.2) is 18.2 Å². The minimum Gasteiger partial charge on any atom is -0.367 e. The Labute approximate surface area is 200 Å². The Bertz CT molecular complexity index is 959. The quantitative estimate of drug-likeness (QED) is 0.653. The summed E-state index contributed by atoms with van der Waals surface area (Å²) in [5, 5.41) is 6.33. The van der Waals surface area contributed by atoms with Crippen LogP contribution in [0, 0.1) is 11.3 Å². The second-order valence-electron chi connectivity index (χ2n) is 10.8. The zero-order valence-corrected chi connectivity index (χ0v) is 20.7. The molecule has 4 rings (SSSR count). The van der Waals surface area contributed by atoms with E-state index in [0.717, 1.165) is 43.2 Å². The third kappa shape index (κ3) is 4.96. The second-order valence-corrected chi connectivity index (χ2v) is 11.2. The number of nitrogens with zero attached hydrogens (tertiary/aromatic N) is 3. The lowest BCUT2D eigenvalue weighted by Crippen LogP contribution is -2.54. The molecule has 0 radical (unpaired) electrons. The number of carbonyl (C=O) groups excluding carboxylic acids is 3. The predicted octanol–water partition coefficient (Wildman–Crippen LogP) is 3.17. The molecule has 2 heterocycles. The van der Waals surface area contributed by atoms with Crippen LogP contribution >= 0.6 is 11.6 Å². The van der Waals surface area contributed by atoms with E-state index in [4.69, 9.17) is 11.6 Å². The normalized spacial score (nSPS) is 27.7. The lowest BCUT2D eigenvalue weighted by atomic mass is 9.64. The van der Waals surface area contributed by atoms with E-state index in [1.54, 1.807) is 12.1 Å². The van der Waals surface area contributed by atoms with E-state index in [1.807, 2.05) is 6.07 Å². The van der Waals surface area contributed by atoms with Crippen LogP contribution in [0.2, 0.25) is 5.02 Å². The molecule has 2 N–H and O–H groups in total. The molecule has 1 aromatic rings. The van der Waals surface area contributed by atoms with E-state index >= 15 is 0 Å². The first-order valence-electron chi connectivity index (χ1n) is 11.7. The molecule has 1 spiro atoms. The van der Waals surface area contributed by atoms with Crippen molar-refractivity contribution in [3.05, 3.63) is 23.2 Å². The average Bonchev–Trinajstić information content (AvgIpc) is 2.90. The summed E-state index contributed by atoms with van der Waals surface area (Å²) >= 11 is 6.21. The molecule has 33 heavy (non-hydrogen) atoms. The number of likely N-dealkylation sites (N-methyl/N-ethyl adjacent to an activating group) is 1. The number of imide groups is 1. The molecule has 2 atom stereocenters. The van der Waals surface area contributed by atoms with Crippen molar-refractivity contribution < 1.29 is 14.4 Å². The van der Waals surface area contributed by atoms with Crippen molar-refractivity contribution in [3.8, 4) is 0 Å². The van der Waals surface area contributed by atoms with Crippen molar-refractivity contribution >= 4 is 40.8 Å². The van der Waals surface area contributed by atoms with Crippen LogP contribution in [0.25, 0.3) is 0 Å². The van der Waals surface area contributed by atoms with Crippen molar-refractivity contribution in [2.75, 3.05) is 50.0 Å². The highest BCUT2D eigenvalue weighted by molar-refractivity contribution is 6.31. The van der Waals surface area contributed by atoms with E-state index in [2.05, 4.69) is 48.3 Å². The van der Waals surface area contributed by atoms with Crippen LogP contribution in [-0.2, 0) is 9.59 Å². The standard InChI is InChI=1S/C24H34ClN5O3/c1-16-12-23(2,3)15-24(13-16)21(32)30(22(33)27-24)14-20(31)26-18-11-17(25)5-6-19(18)29-9-7-28(4)8-10-29/h5-6,11,16H,7-10,12-15H2,1-4H3,(H,26,31)(H,27,33)/t16-,24+/m0/s1. The first kappa shape index (κ1) is 23.8. The van der Waals surface area contributed by atoms with Crippen LogP contribution in [-0.4, -0.2) is 73.0 Å².